The lowest BCUT2D eigenvalue weighted by atomic mass is 10.2. The highest BCUT2D eigenvalue weighted by molar-refractivity contribution is 7.92. The lowest BCUT2D eigenvalue weighted by Crippen LogP contribution is -2.30. The van der Waals surface area contributed by atoms with Gasteiger partial charge in [0.2, 0.25) is 0 Å². The minimum atomic E-state index is -3.87. The zero-order valence-electron chi connectivity index (χ0n) is 15.2. The van der Waals surface area contributed by atoms with Crippen molar-refractivity contribution in [1.29, 1.82) is 0 Å². The Morgan fingerprint density at radius 2 is 1.81 bits per heavy atom. The zero-order chi connectivity index (χ0) is 19.4. The monoisotopic (exact) mass is 380 g/mol. The molecule has 5 nitrogen and oxygen atoms in total. The molecule has 0 bridgehead atoms. The van der Waals surface area contributed by atoms with Gasteiger partial charge in [-0.05, 0) is 55.3 Å². The van der Waals surface area contributed by atoms with Gasteiger partial charge in [-0.25, -0.2) is 8.42 Å². The van der Waals surface area contributed by atoms with E-state index in [1.165, 1.54) is 23.4 Å². The summed E-state index contributed by atoms with van der Waals surface area (Å²) >= 11 is 0. The lowest BCUT2D eigenvalue weighted by molar-refractivity contribution is 0.101. The van der Waals surface area contributed by atoms with Crippen LogP contribution in [0.1, 0.15) is 28.4 Å². The van der Waals surface area contributed by atoms with Crippen LogP contribution in [0.2, 0.25) is 0 Å². The molecule has 0 aliphatic rings. The molecule has 0 saturated heterocycles. The van der Waals surface area contributed by atoms with E-state index < -0.39 is 10.0 Å². The summed E-state index contributed by atoms with van der Waals surface area (Å²) in [4.78, 5) is 15.8. The first-order valence-electron chi connectivity index (χ1n) is 8.47. The minimum Gasteiger partial charge on any atom is -0.295 e. The van der Waals surface area contributed by atoms with Crippen molar-refractivity contribution in [2.24, 2.45) is 0 Å². The molecule has 0 radical (unpaired) electrons. The van der Waals surface area contributed by atoms with E-state index in [-0.39, 0.29) is 17.2 Å². The van der Waals surface area contributed by atoms with Gasteiger partial charge in [-0.1, -0.05) is 30.3 Å². The number of hydrogen-bond donors (Lipinski definition) is 0. The largest absolute Gasteiger partial charge is 0.295 e. The fourth-order valence-electron chi connectivity index (χ4n) is 2.76. The summed E-state index contributed by atoms with van der Waals surface area (Å²) in [5.41, 5.74) is 2.65. The predicted molar refractivity (Wildman–Crippen MR) is 105 cm³/mol. The second kappa shape index (κ2) is 7.72. The molecule has 0 aliphatic carbocycles. The molecule has 138 valence electrons. The summed E-state index contributed by atoms with van der Waals surface area (Å²) in [6, 6.07) is 17.0. The van der Waals surface area contributed by atoms with Gasteiger partial charge >= 0.3 is 0 Å². The maximum atomic E-state index is 13.4. The van der Waals surface area contributed by atoms with Crippen molar-refractivity contribution in [1.82, 2.24) is 4.98 Å². The summed E-state index contributed by atoms with van der Waals surface area (Å²) in [7, 11) is -3.87. The maximum absolute atomic E-state index is 13.4. The predicted octanol–water partition coefficient (Wildman–Crippen LogP) is 3.99. The molecule has 1 heterocycles. The summed E-state index contributed by atoms with van der Waals surface area (Å²) in [6.07, 6.45) is 3.29. The van der Waals surface area contributed by atoms with Crippen LogP contribution < -0.4 is 4.31 Å². The van der Waals surface area contributed by atoms with Crippen LogP contribution in [-0.4, -0.2) is 19.2 Å². The fraction of sp³-hybridized carbons (Fsp3) is 0.143. The quantitative estimate of drug-likeness (QED) is 0.607. The van der Waals surface area contributed by atoms with Crippen molar-refractivity contribution in [3.63, 3.8) is 0 Å². The molecule has 0 spiro atoms. The standard InChI is InChI=1S/C21H20N2O3S/c1-16-6-3-9-20(12-16)23(15-18-7-5-11-22-14-18)27(25,26)21-10-4-8-19(13-21)17(2)24/h3-14H,15H2,1-2H3. The Kier molecular flexibility index (Phi) is 5.37. The van der Waals surface area contributed by atoms with E-state index in [0.29, 0.717) is 11.3 Å². The van der Waals surface area contributed by atoms with E-state index in [4.69, 9.17) is 0 Å². The summed E-state index contributed by atoms with van der Waals surface area (Å²) in [5.74, 6) is -0.179. The third-order valence-electron chi connectivity index (χ3n) is 4.17. The van der Waals surface area contributed by atoms with Gasteiger partial charge in [-0.15, -0.1) is 0 Å². The SMILES string of the molecule is CC(=O)c1cccc(S(=O)(=O)N(Cc2cccnc2)c2cccc(C)c2)c1. The molecular formula is C21H20N2O3S. The number of aryl methyl sites for hydroxylation is 1. The van der Waals surface area contributed by atoms with Gasteiger partial charge in [0, 0.05) is 18.0 Å². The first-order valence-corrected chi connectivity index (χ1v) is 9.91. The molecule has 0 N–H and O–H groups in total. The number of rotatable bonds is 6. The Hall–Kier alpha value is -2.99. The van der Waals surface area contributed by atoms with E-state index >= 15 is 0 Å². The van der Waals surface area contributed by atoms with Crippen molar-refractivity contribution < 1.29 is 13.2 Å². The molecule has 0 atom stereocenters. The second-order valence-corrected chi connectivity index (χ2v) is 8.16. The number of nitrogens with zero attached hydrogens (tertiary/aromatic N) is 2. The van der Waals surface area contributed by atoms with Crippen LogP contribution in [0.4, 0.5) is 5.69 Å². The molecule has 3 aromatic rings. The third kappa shape index (κ3) is 4.23. The number of benzene rings is 2. The van der Waals surface area contributed by atoms with E-state index in [9.17, 15) is 13.2 Å². The molecule has 2 aromatic carbocycles. The zero-order valence-corrected chi connectivity index (χ0v) is 16.0. The molecule has 0 unspecified atom stereocenters. The highest BCUT2D eigenvalue weighted by Gasteiger charge is 2.26. The highest BCUT2D eigenvalue weighted by atomic mass is 32.2. The van der Waals surface area contributed by atoms with Crippen LogP contribution in [0.3, 0.4) is 0 Å². The third-order valence-corrected chi connectivity index (χ3v) is 5.94. The molecule has 1 aromatic heterocycles. The number of aromatic nitrogens is 1. The van der Waals surface area contributed by atoms with Gasteiger partial charge in [0.05, 0.1) is 17.1 Å². The number of sulfonamides is 1. The normalized spacial score (nSPS) is 11.2. The lowest BCUT2D eigenvalue weighted by Gasteiger charge is -2.25. The van der Waals surface area contributed by atoms with Gasteiger partial charge in [0.25, 0.3) is 10.0 Å². The number of ketones is 1. The fourth-order valence-corrected chi connectivity index (χ4v) is 4.25. The Morgan fingerprint density at radius 3 is 2.48 bits per heavy atom. The van der Waals surface area contributed by atoms with Gasteiger partial charge in [0.1, 0.15) is 0 Å². The molecular weight excluding hydrogens is 360 g/mol. The topological polar surface area (TPSA) is 67.3 Å². The van der Waals surface area contributed by atoms with Crippen molar-refractivity contribution in [3.8, 4) is 0 Å². The molecule has 0 fully saturated rings. The summed E-state index contributed by atoms with van der Waals surface area (Å²) < 4.78 is 28.2. The molecule has 27 heavy (non-hydrogen) atoms. The highest BCUT2D eigenvalue weighted by Crippen LogP contribution is 2.27. The van der Waals surface area contributed by atoms with Crippen LogP contribution in [0.25, 0.3) is 0 Å². The van der Waals surface area contributed by atoms with E-state index in [0.717, 1.165) is 11.1 Å². The first kappa shape index (κ1) is 18.8. The second-order valence-electron chi connectivity index (χ2n) is 6.30. The van der Waals surface area contributed by atoms with Crippen LogP contribution in [0.5, 0.6) is 0 Å². The summed E-state index contributed by atoms with van der Waals surface area (Å²) in [6.45, 7) is 3.47. The number of Topliss-reactive ketones (excluding diaryl/α,β-unsaturated/α-hetero) is 1. The van der Waals surface area contributed by atoms with Gasteiger partial charge in [-0.3, -0.25) is 14.1 Å². The van der Waals surface area contributed by atoms with Crippen molar-refractivity contribution in [2.75, 3.05) is 4.31 Å². The molecule has 3 rings (SSSR count). The van der Waals surface area contributed by atoms with E-state index in [1.807, 2.05) is 31.2 Å². The van der Waals surface area contributed by atoms with Crippen molar-refractivity contribution >= 4 is 21.5 Å². The number of anilines is 1. The van der Waals surface area contributed by atoms with Gasteiger partial charge in [-0.2, -0.15) is 0 Å². The molecule has 0 amide bonds. The first-order chi connectivity index (χ1) is 12.9. The Morgan fingerprint density at radius 1 is 1.04 bits per heavy atom. The van der Waals surface area contributed by atoms with Crippen LogP contribution in [0, 0.1) is 6.92 Å². The number of pyridine rings is 1. The van der Waals surface area contributed by atoms with Crippen molar-refractivity contribution in [3.05, 3.63) is 89.7 Å². The van der Waals surface area contributed by atoms with Crippen LogP contribution in [0.15, 0.2) is 78.0 Å². The minimum absolute atomic E-state index is 0.0839. The number of carbonyl (C=O) groups excluding carboxylic acids is 1. The van der Waals surface area contributed by atoms with Crippen LogP contribution >= 0.6 is 0 Å². The van der Waals surface area contributed by atoms with Crippen LogP contribution in [-0.2, 0) is 16.6 Å². The van der Waals surface area contributed by atoms with E-state index in [1.54, 1.807) is 36.7 Å². The number of carbonyl (C=O) groups is 1. The maximum Gasteiger partial charge on any atom is 0.264 e. The molecule has 0 aliphatic heterocycles. The average Bonchev–Trinajstić information content (AvgIpc) is 2.67. The Balaban J connectivity index is 2.11. The van der Waals surface area contributed by atoms with Gasteiger partial charge < -0.3 is 0 Å². The van der Waals surface area contributed by atoms with Gasteiger partial charge in [0.15, 0.2) is 5.78 Å². The Bertz CT molecular complexity index is 1060. The summed E-state index contributed by atoms with van der Waals surface area (Å²) in [5, 5.41) is 0. The Labute approximate surface area is 159 Å². The average molecular weight is 380 g/mol. The number of hydrogen-bond acceptors (Lipinski definition) is 4. The molecule has 6 heteroatoms. The van der Waals surface area contributed by atoms with E-state index in [2.05, 4.69) is 4.98 Å². The molecule has 0 saturated carbocycles. The smallest absolute Gasteiger partial charge is 0.264 e. The van der Waals surface area contributed by atoms with Crippen molar-refractivity contribution in [2.45, 2.75) is 25.3 Å².